The van der Waals surface area contributed by atoms with Crippen LogP contribution < -0.4 is 33.3 Å². The number of benzene rings is 6. The maximum atomic E-state index is 4.57. The number of fused-ring (bicyclic) bond motifs is 18. The molecule has 0 aliphatic carbocycles. The summed E-state index contributed by atoms with van der Waals surface area (Å²) in [6.07, 6.45) is 3.79. The molecule has 55 heavy (non-hydrogen) atoms. The van der Waals surface area contributed by atoms with Gasteiger partial charge >= 0.3 is 5.65 Å². The normalized spacial score (nSPS) is 12.6. The van der Waals surface area contributed by atoms with Gasteiger partial charge in [-0.05, 0) is 36.0 Å². The van der Waals surface area contributed by atoms with Crippen molar-refractivity contribution in [2.24, 2.45) is 12.1 Å². The van der Waals surface area contributed by atoms with Crippen LogP contribution in [0.15, 0.2) is 157 Å². The molecule has 10 aromatic rings. The van der Waals surface area contributed by atoms with Crippen LogP contribution in [0.1, 0.15) is 5.56 Å². The van der Waals surface area contributed by atoms with Gasteiger partial charge in [-0.3, -0.25) is 4.40 Å². The fraction of sp³-hybridized carbons (Fsp3) is 0.0455. The molecule has 271 valence electrons. The largest absolute Gasteiger partial charge is 1.00 e. The molecule has 0 atom stereocenters. The van der Waals surface area contributed by atoms with Crippen molar-refractivity contribution in [1.82, 2.24) is 29.4 Å². The van der Waals surface area contributed by atoms with Gasteiger partial charge in [0, 0.05) is 46.9 Å². The Kier molecular flexibility index (Phi) is 9.77. The third-order valence-corrected chi connectivity index (χ3v) is 9.85. The van der Waals surface area contributed by atoms with Crippen LogP contribution in [0.2, 0.25) is 0 Å². The van der Waals surface area contributed by atoms with Crippen LogP contribution in [0.5, 0.6) is 0 Å². The molecule has 0 saturated heterocycles. The van der Waals surface area contributed by atoms with Gasteiger partial charge < -0.3 is 33.9 Å². The average molecular weight is 1010 g/mol. The maximum absolute atomic E-state index is 4.57. The first-order valence-electron chi connectivity index (χ1n) is 17.4. The molecular formula is C44H32IIrN9-2. The van der Waals surface area contributed by atoms with E-state index < -0.39 is 0 Å². The monoisotopic (exact) mass is 1010 g/mol. The van der Waals surface area contributed by atoms with Crippen LogP contribution in [0.4, 0.5) is 5.69 Å². The van der Waals surface area contributed by atoms with Gasteiger partial charge in [0.2, 0.25) is 6.33 Å². The molecule has 1 radical (unpaired) electrons. The number of pyridine rings is 2. The van der Waals surface area contributed by atoms with Gasteiger partial charge in [-0.2, -0.15) is 33.8 Å². The topological polar surface area (TPSA) is 71.0 Å². The van der Waals surface area contributed by atoms with Gasteiger partial charge in [0.1, 0.15) is 17.7 Å². The summed E-state index contributed by atoms with van der Waals surface area (Å²) in [7, 11) is 3.90. The molecule has 0 saturated carbocycles. The fourth-order valence-electron chi connectivity index (χ4n) is 7.60. The van der Waals surface area contributed by atoms with Crippen molar-refractivity contribution in [2.75, 3.05) is 11.9 Å². The minimum Gasteiger partial charge on any atom is -1.00 e. The Balaban J connectivity index is 0.000000114. The summed E-state index contributed by atoms with van der Waals surface area (Å²) in [6.45, 7) is 1.99. The molecule has 0 bridgehead atoms. The first kappa shape index (κ1) is 36.2. The first-order valence-corrected chi connectivity index (χ1v) is 17.4. The van der Waals surface area contributed by atoms with Crippen LogP contribution in [-0.2, 0) is 27.2 Å². The molecule has 0 amide bonds. The Bertz CT molecular complexity index is 2920. The summed E-state index contributed by atoms with van der Waals surface area (Å²) in [4.78, 5) is 2.09. The quantitative estimate of drug-likeness (QED) is 0.0906. The number of rotatable bonds is 0. The standard InChI is InChI=1S/C15H12N3.C15H11N3.C14H9N3.HI.Ir/c2*1-17-10-18-14-9-5-4-7-12(14)11-6-2-3-8-13(11)15(18)16-17;1-2-7-12-10(5-1)11-6-3-4-8-13(11)17-9-15-16-14(12)17;;/h2-10H,1H3;2-8,10H,1H3;1-9H;1H;/q+1;-2;;;/p-1. The van der Waals surface area contributed by atoms with Crippen LogP contribution in [-0.4, -0.2) is 42.3 Å². The van der Waals surface area contributed by atoms with Gasteiger partial charge in [-0.25, -0.2) is 0 Å². The van der Waals surface area contributed by atoms with Crippen molar-refractivity contribution in [3.63, 3.8) is 0 Å². The van der Waals surface area contributed by atoms with E-state index in [1.807, 2.05) is 65.4 Å². The zero-order valence-corrected chi connectivity index (χ0v) is 34.3. The predicted octanol–water partition coefficient (Wildman–Crippen LogP) is 5.20. The van der Waals surface area contributed by atoms with E-state index in [-0.39, 0.29) is 44.1 Å². The van der Waals surface area contributed by atoms with Crippen LogP contribution >= 0.6 is 0 Å². The van der Waals surface area contributed by atoms with Gasteiger partial charge in [0.05, 0.1) is 18.0 Å². The van der Waals surface area contributed by atoms with Crippen molar-refractivity contribution in [3.8, 4) is 11.1 Å². The molecule has 9 nitrogen and oxygen atoms in total. The van der Waals surface area contributed by atoms with Gasteiger partial charge in [0.25, 0.3) is 0 Å². The number of nitrogens with zero attached hydrogens (tertiary/aromatic N) is 9. The second-order valence-corrected chi connectivity index (χ2v) is 13.1. The number of aryl methyl sites for hydroxylation is 1. The van der Waals surface area contributed by atoms with Gasteiger partial charge in [0.15, 0.2) is 5.65 Å². The molecule has 2 aliphatic rings. The molecule has 0 fully saturated rings. The second kappa shape index (κ2) is 14.8. The Morgan fingerprint density at radius 3 is 2.05 bits per heavy atom. The predicted molar refractivity (Wildman–Crippen MR) is 211 cm³/mol. The van der Waals surface area contributed by atoms with E-state index in [0.29, 0.717) is 0 Å². The van der Waals surface area contributed by atoms with E-state index in [0.717, 1.165) is 33.7 Å². The molecule has 6 aromatic carbocycles. The van der Waals surface area contributed by atoms with Crippen molar-refractivity contribution in [1.29, 1.82) is 0 Å². The Morgan fingerprint density at radius 1 is 0.636 bits per heavy atom. The summed E-state index contributed by atoms with van der Waals surface area (Å²) in [5.74, 6) is 0.975. The van der Waals surface area contributed by atoms with E-state index >= 15 is 0 Å². The number of amidine groups is 1. The summed E-state index contributed by atoms with van der Waals surface area (Å²) >= 11 is 0. The Morgan fingerprint density at radius 2 is 1.25 bits per heavy atom. The number of hydrazone groups is 1. The molecule has 11 heteroatoms. The van der Waals surface area contributed by atoms with E-state index in [1.165, 1.54) is 49.1 Å². The Labute approximate surface area is 347 Å². The number of anilines is 1. The van der Waals surface area contributed by atoms with Gasteiger partial charge in [-0.15, -0.1) is 27.1 Å². The number of hydrogen-bond donors (Lipinski definition) is 0. The number of para-hydroxylation sites is 3. The van der Waals surface area contributed by atoms with Crippen molar-refractivity contribution < 1.29 is 48.5 Å². The number of halogens is 1. The molecule has 12 rings (SSSR count). The third-order valence-electron chi connectivity index (χ3n) is 9.85. The van der Waals surface area contributed by atoms with Crippen molar-refractivity contribution in [2.45, 2.75) is 0 Å². The maximum Gasteiger partial charge on any atom is 0.314 e. The van der Waals surface area contributed by atoms with E-state index in [4.69, 9.17) is 0 Å². The minimum absolute atomic E-state index is 0. The molecule has 0 spiro atoms. The molecule has 6 heterocycles. The van der Waals surface area contributed by atoms with Crippen LogP contribution in [0.25, 0.3) is 65.8 Å². The number of hydrogen-bond acceptors (Lipinski definition) is 6. The summed E-state index contributed by atoms with van der Waals surface area (Å²) in [6, 6.07) is 51.3. The minimum atomic E-state index is 0. The zero-order valence-electron chi connectivity index (χ0n) is 29.7. The fourth-order valence-corrected chi connectivity index (χ4v) is 7.60. The van der Waals surface area contributed by atoms with Crippen molar-refractivity contribution in [3.05, 3.63) is 170 Å². The van der Waals surface area contributed by atoms with E-state index in [2.05, 4.69) is 151 Å². The molecule has 0 N–H and O–H groups in total. The van der Waals surface area contributed by atoms with E-state index in [1.54, 1.807) is 6.33 Å². The van der Waals surface area contributed by atoms with Gasteiger partial charge in [-0.1, -0.05) is 114 Å². The number of aromatic nitrogens is 6. The second-order valence-electron chi connectivity index (χ2n) is 13.1. The average Bonchev–Trinajstić information content (AvgIpc) is 3.98. The summed E-state index contributed by atoms with van der Waals surface area (Å²) < 4.78 is 6.05. The van der Waals surface area contributed by atoms with Crippen LogP contribution in [0, 0.1) is 12.7 Å². The molecular weight excluding hydrogens is 974 g/mol. The molecule has 4 aromatic heterocycles. The smallest absolute Gasteiger partial charge is 0.314 e. The first-order chi connectivity index (χ1) is 26.1. The van der Waals surface area contributed by atoms with Crippen LogP contribution in [0.3, 0.4) is 0 Å². The molecule has 2 aliphatic heterocycles. The molecule has 0 unspecified atom stereocenters. The third kappa shape index (κ3) is 6.08. The Hall–Kier alpha value is -5.75. The van der Waals surface area contributed by atoms with E-state index in [9.17, 15) is 0 Å². The summed E-state index contributed by atoms with van der Waals surface area (Å²) in [5.41, 5.74) is 8.93. The SMILES string of the molecule is CN1[CH-]N2C(=N1)c1ccccc1-c1ccc[c-]c12.Cn1c[n+]2c3ccccc3c3ccccc3c2n1.[I-].[Ir].c1ccc2c(c1)c1ccccc1n1cnnc21. The zero-order chi connectivity index (χ0) is 35.5. The summed E-state index contributed by atoms with van der Waals surface area (Å²) in [5, 5.41) is 26.5. The van der Waals surface area contributed by atoms with Crippen molar-refractivity contribution >= 4 is 66.2 Å².